The molecule has 0 spiro atoms. The zero-order chi connectivity index (χ0) is 19.6. The van der Waals surface area contributed by atoms with Crippen molar-refractivity contribution in [3.05, 3.63) is 23.9 Å². The molecule has 0 aromatic carbocycles. The van der Waals surface area contributed by atoms with Gasteiger partial charge < -0.3 is 19.7 Å². The third-order valence-electron chi connectivity index (χ3n) is 4.66. The SMILES string of the molecule is CCNC(=NCc1ccnc(OC(C)CC(C)C)c1)N1CCC(COC)C1.I. The second-order valence-electron chi connectivity index (χ2n) is 7.79. The highest BCUT2D eigenvalue weighted by Crippen LogP contribution is 2.18. The Kier molecular flexibility index (Phi) is 11.8. The number of nitrogens with zero attached hydrogens (tertiary/aromatic N) is 3. The van der Waals surface area contributed by atoms with Crippen LogP contribution >= 0.6 is 24.0 Å². The molecule has 1 aromatic rings. The van der Waals surface area contributed by atoms with Crippen molar-refractivity contribution in [2.75, 3.05) is 33.4 Å². The molecule has 2 heterocycles. The van der Waals surface area contributed by atoms with Gasteiger partial charge in [0.1, 0.15) is 0 Å². The molecule has 1 aliphatic heterocycles. The Morgan fingerprint density at radius 3 is 2.86 bits per heavy atom. The largest absolute Gasteiger partial charge is 0.475 e. The number of pyridine rings is 1. The number of methoxy groups -OCH3 is 1. The number of aromatic nitrogens is 1. The van der Waals surface area contributed by atoms with E-state index in [2.05, 4.69) is 42.9 Å². The molecular weight excluding hydrogens is 467 g/mol. The smallest absolute Gasteiger partial charge is 0.213 e. The first-order valence-electron chi connectivity index (χ1n) is 10.2. The van der Waals surface area contributed by atoms with Gasteiger partial charge in [-0.25, -0.2) is 9.98 Å². The van der Waals surface area contributed by atoms with Crippen LogP contribution < -0.4 is 10.1 Å². The van der Waals surface area contributed by atoms with Crippen LogP contribution in [0.4, 0.5) is 0 Å². The van der Waals surface area contributed by atoms with Gasteiger partial charge in [0, 0.05) is 44.9 Å². The number of likely N-dealkylation sites (tertiary alicyclic amines) is 1. The molecule has 1 saturated heterocycles. The number of hydrogen-bond donors (Lipinski definition) is 1. The van der Waals surface area contributed by atoms with E-state index in [1.807, 2.05) is 12.1 Å². The zero-order valence-electron chi connectivity index (χ0n) is 18.0. The lowest BCUT2D eigenvalue weighted by molar-refractivity contribution is 0.157. The molecule has 28 heavy (non-hydrogen) atoms. The molecule has 2 unspecified atom stereocenters. The number of hydrogen-bond acceptors (Lipinski definition) is 4. The molecule has 2 atom stereocenters. The first-order chi connectivity index (χ1) is 13.0. The lowest BCUT2D eigenvalue weighted by Crippen LogP contribution is -2.40. The van der Waals surface area contributed by atoms with Crippen LogP contribution in [-0.2, 0) is 11.3 Å². The van der Waals surface area contributed by atoms with Crippen LogP contribution in [0.25, 0.3) is 0 Å². The maximum Gasteiger partial charge on any atom is 0.213 e. The van der Waals surface area contributed by atoms with Gasteiger partial charge in [0.15, 0.2) is 5.96 Å². The molecule has 0 bridgehead atoms. The fourth-order valence-corrected chi connectivity index (χ4v) is 3.52. The Morgan fingerprint density at radius 1 is 1.39 bits per heavy atom. The van der Waals surface area contributed by atoms with E-state index in [-0.39, 0.29) is 30.1 Å². The van der Waals surface area contributed by atoms with Gasteiger partial charge in [-0.3, -0.25) is 0 Å². The molecule has 1 aliphatic rings. The van der Waals surface area contributed by atoms with E-state index in [9.17, 15) is 0 Å². The number of rotatable bonds is 9. The summed E-state index contributed by atoms with van der Waals surface area (Å²) in [5.74, 6) is 2.85. The average molecular weight is 504 g/mol. The fraction of sp³-hybridized carbons (Fsp3) is 0.714. The Morgan fingerprint density at radius 2 is 2.18 bits per heavy atom. The predicted octanol–water partition coefficient (Wildman–Crippen LogP) is 3.95. The quantitative estimate of drug-likeness (QED) is 0.314. The van der Waals surface area contributed by atoms with Crippen LogP contribution in [-0.4, -0.2) is 55.3 Å². The third-order valence-corrected chi connectivity index (χ3v) is 4.66. The molecular formula is C21H37IN4O2. The minimum atomic E-state index is 0. The van der Waals surface area contributed by atoms with Crippen LogP contribution in [0.1, 0.15) is 46.1 Å². The van der Waals surface area contributed by atoms with E-state index >= 15 is 0 Å². The molecule has 0 amide bonds. The van der Waals surface area contributed by atoms with Gasteiger partial charge >= 0.3 is 0 Å². The zero-order valence-corrected chi connectivity index (χ0v) is 20.3. The highest BCUT2D eigenvalue weighted by atomic mass is 127. The van der Waals surface area contributed by atoms with Crippen LogP contribution in [0.2, 0.25) is 0 Å². The lowest BCUT2D eigenvalue weighted by atomic mass is 10.1. The average Bonchev–Trinajstić information content (AvgIpc) is 3.07. The second-order valence-corrected chi connectivity index (χ2v) is 7.79. The van der Waals surface area contributed by atoms with E-state index in [1.54, 1.807) is 13.3 Å². The van der Waals surface area contributed by atoms with E-state index in [0.29, 0.717) is 24.3 Å². The van der Waals surface area contributed by atoms with E-state index < -0.39 is 0 Å². The number of aliphatic imine (C=N–C) groups is 1. The Balaban J connectivity index is 0.00000392. The normalized spacial score (nSPS) is 18.1. The van der Waals surface area contributed by atoms with Crippen molar-refractivity contribution < 1.29 is 9.47 Å². The van der Waals surface area contributed by atoms with Crippen molar-refractivity contribution in [1.29, 1.82) is 0 Å². The topological polar surface area (TPSA) is 59.0 Å². The lowest BCUT2D eigenvalue weighted by Gasteiger charge is -2.21. The van der Waals surface area contributed by atoms with Crippen molar-refractivity contribution in [3.8, 4) is 5.88 Å². The number of halogens is 1. The van der Waals surface area contributed by atoms with Gasteiger partial charge in [-0.2, -0.15) is 0 Å². The standard InChI is InChI=1S/C21H36N4O2.HI/c1-6-22-21(25-10-8-19(14-25)15-26-5)24-13-18-7-9-23-20(12-18)27-17(4)11-16(2)3;/h7,9,12,16-17,19H,6,8,10-11,13-15H2,1-5H3,(H,22,24);1H. The highest BCUT2D eigenvalue weighted by Gasteiger charge is 2.24. The van der Waals surface area contributed by atoms with E-state index in [1.165, 1.54) is 0 Å². The molecule has 0 aliphatic carbocycles. The van der Waals surface area contributed by atoms with Crippen molar-refractivity contribution in [3.63, 3.8) is 0 Å². The summed E-state index contributed by atoms with van der Waals surface area (Å²) in [6.07, 6.45) is 4.14. The van der Waals surface area contributed by atoms with Gasteiger partial charge in [-0.1, -0.05) is 13.8 Å². The van der Waals surface area contributed by atoms with Crippen molar-refractivity contribution >= 4 is 29.9 Å². The molecule has 1 N–H and O–H groups in total. The maximum absolute atomic E-state index is 5.96. The Hall–Kier alpha value is -1.09. The summed E-state index contributed by atoms with van der Waals surface area (Å²) >= 11 is 0. The summed E-state index contributed by atoms with van der Waals surface area (Å²) in [6.45, 7) is 12.9. The van der Waals surface area contributed by atoms with Gasteiger partial charge in [0.2, 0.25) is 5.88 Å². The summed E-state index contributed by atoms with van der Waals surface area (Å²) < 4.78 is 11.3. The van der Waals surface area contributed by atoms with Crippen molar-refractivity contribution in [2.45, 2.75) is 53.2 Å². The number of nitrogens with one attached hydrogen (secondary N) is 1. The van der Waals surface area contributed by atoms with Crippen LogP contribution in [0.5, 0.6) is 5.88 Å². The first kappa shape index (κ1) is 24.9. The fourth-order valence-electron chi connectivity index (χ4n) is 3.52. The van der Waals surface area contributed by atoms with Crippen molar-refractivity contribution in [1.82, 2.24) is 15.2 Å². The van der Waals surface area contributed by atoms with Gasteiger partial charge in [0.25, 0.3) is 0 Å². The van der Waals surface area contributed by atoms with Gasteiger partial charge in [0.05, 0.1) is 19.3 Å². The molecule has 6 nitrogen and oxygen atoms in total. The van der Waals surface area contributed by atoms with Gasteiger partial charge in [-0.15, -0.1) is 24.0 Å². The maximum atomic E-state index is 5.96. The molecule has 1 aromatic heterocycles. The minimum Gasteiger partial charge on any atom is -0.475 e. The number of guanidine groups is 1. The molecule has 160 valence electrons. The summed E-state index contributed by atoms with van der Waals surface area (Å²) in [4.78, 5) is 11.5. The monoisotopic (exact) mass is 504 g/mol. The molecule has 2 rings (SSSR count). The summed E-state index contributed by atoms with van der Waals surface area (Å²) in [6, 6.07) is 4.01. The molecule has 0 radical (unpaired) electrons. The van der Waals surface area contributed by atoms with Gasteiger partial charge in [-0.05, 0) is 44.2 Å². The second kappa shape index (κ2) is 13.2. The first-order valence-corrected chi connectivity index (χ1v) is 10.2. The van der Waals surface area contributed by atoms with Crippen LogP contribution in [0, 0.1) is 11.8 Å². The highest BCUT2D eigenvalue weighted by molar-refractivity contribution is 14.0. The predicted molar refractivity (Wildman–Crippen MR) is 126 cm³/mol. The Bertz CT molecular complexity index is 598. The molecule has 7 heteroatoms. The molecule has 0 saturated carbocycles. The molecule has 1 fully saturated rings. The van der Waals surface area contributed by atoms with E-state index in [0.717, 1.165) is 50.6 Å². The summed E-state index contributed by atoms with van der Waals surface area (Å²) in [7, 11) is 1.77. The summed E-state index contributed by atoms with van der Waals surface area (Å²) in [5.41, 5.74) is 1.11. The number of ether oxygens (including phenoxy) is 2. The summed E-state index contributed by atoms with van der Waals surface area (Å²) in [5, 5.41) is 3.41. The van der Waals surface area contributed by atoms with Crippen LogP contribution in [0.3, 0.4) is 0 Å². The van der Waals surface area contributed by atoms with E-state index in [4.69, 9.17) is 14.5 Å². The van der Waals surface area contributed by atoms with Crippen LogP contribution in [0.15, 0.2) is 23.3 Å². The van der Waals surface area contributed by atoms with Crippen molar-refractivity contribution in [2.24, 2.45) is 16.8 Å². The Labute approximate surface area is 187 Å². The third kappa shape index (κ3) is 8.51. The minimum absolute atomic E-state index is 0.